The van der Waals surface area contributed by atoms with Crippen LogP contribution in [0.4, 0.5) is 4.39 Å². The van der Waals surface area contributed by atoms with E-state index >= 15 is 0 Å². The Bertz CT molecular complexity index is 872. The number of halogens is 2. The van der Waals surface area contributed by atoms with E-state index < -0.39 is 0 Å². The van der Waals surface area contributed by atoms with Crippen molar-refractivity contribution in [3.05, 3.63) is 70.6 Å². The predicted octanol–water partition coefficient (Wildman–Crippen LogP) is 4.78. The van der Waals surface area contributed by atoms with Gasteiger partial charge in [0.2, 0.25) is 5.88 Å². The van der Waals surface area contributed by atoms with Gasteiger partial charge in [-0.05, 0) is 42.5 Å². The van der Waals surface area contributed by atoms with Crippen molar-refractivity contribution < 1.29 is 18.7 Å². The number of carbonyl (C=O) groups is 1. The van der Waals surface area contributed by atoms with E-state index in [9.17, 15) is 9.18 Å². The maximum Gasteiger partial charge on any atom is 0.325 e. The number of ether oxygens (including phenoxy) is 2. The summed E-state index contributed by atoms with van der Waals surface area (Å²) in [4.78, 5) is 19.1. The molecule has 3 rings (SSSR count). The first-order valence-corrected chi connectivity index (χ1v) is 7.62. The van der Waals surface area contributed by atoms with Crippen LogP contribution in [0.3, 0.4) is 0 Å². The summed E-state index contributed by atoms with van der Waals surface area (Å²) in [5.41, 5.74) is 0.450. The third kappa shape index (κ3) is 3.94. The minimum absolute atomic E-state index is 0.0637. The monoisotopic (exact) mass is 388 g/mol. The summed E-state index contributed by atoms with van der Waals surface area (Å²) >= 11 is 3.27. The zero-order valence-electron chi connectivity index (χ0n) is 12.1. The summed E-state index contributed by atoms with van der Waals surface area (Å²) in [5, 5.41) is 0. The van der Waals surface area contributed by atoms with Crippen molar-refractivity contribution in [3.8, 4) is 23.4 Å². The number of carbonyl (C=O) groups excluding carboxylic acids is 1. The lowest BCUT2D eigenvalue weighted by atomic mass is 10.2. The molecule has 0 amide bonds. The molecule has 0 spiro atoms. The highest BCUT2D eigenvalue weighted by molar-refractivity contribution is 9.10. The Balaban J connectivity index is 1.77. The van der Waals surface area contributed by atoms with Gasteiger partial charge in [0.25, 0.3) is 0 Å². The largest absolute Gasteiger partial charge is 0.439 e. The first-order valence-electron chi connectivity index (χ1n) is 6.83. The molecule has 5 nitrogen and oxygen atoms in total. The van der Waals surface area contributed by atoms with Gasteiger partial charge in [0, 0.05) is 22.3 Å². The van der Waals surface area contributed by atoms with Gasteiger partial charge < -0.3 is 9.47 Å². The predicted molar refractivity (Wildman–Crippen MR) is 88.1 cm³/mol. The summed E-state index contributed by atoms with van der Waals surface area (Å²) in [7, 11) is 0. The summed E-state index contributed by atoms with van der Waals surface area (Å²) in [6.07, 6.45) is 2.19. The van der Waals surface area contributed by atoms with E-state index in [1.807, 2.05) is 0 Å². The number of nitrogens with zero attached hydrogens (tertiary/aromatic N) is 2. The van der Waals surface area contributed by atoms with E-state index in [1.165, 1.54) is 30.5 Å². The van der Waals surface area contributed by atoms with Crippen molar-refractivity contribution in [1.82, 2.24) is 9.97 Å². The number of hydrogen-bond acceptors (Lipinski definition) is 5. The first-order chi connectivity index (χ1) is 11.6. The zero-order chi connectivity index (χ0) is 16.9. The molecule has 1 aromatic heterocycles. The summed E-state index contributed by atoms with van der Waals surface area (Å²) in [6, 6.07) is 12.1. The first kappa shape index (κ1) is 16.1. The number of aldehydes is 1. The second kappa shape index (κ2) is 7.18. The lowest BCUT2D eigenvalue weighted by Crippen LogP contribution is -1.95. The maximum atomic E-state index is 12.9. The Morgan fingerprint density at radius 1 is 1.00 bits per heavy atom. The Labute approximate surface area is 145 Å². The van der Waals surface area contributed by atoms with E-state index in [2.05, 4.69) is 25.9 Å². The van der Waals surface area contributed by atoms with Crippen LogP contribution in [-0.2, 0) is 0 Å². The molecule has 7 heteroatoms. The number of rotatable bonds is 5. The summed E-state index contributed by atoms with van der Waals surface area (Å²) in [5.74, 6) is 0.752. The SMILES string of the molecule is O=Cc1cc(Oc2nccc(Oc3ccc(F)cc3)n2)ccc1Br. The van der Waals surface area contributed by atoms with Crippen LogP contribution in [0.5, 0.6) is 23.4 Å². The molecule has 0 atom stereocenters. The number of benzene rings is 2. The molecule has 120 valence electrons. The molecule has 0 N–H and O–H groups in total. The van der Waals surface area contributed by atoms with Crippen molar-refractivity contribution in [2.24, 2.45) is 0 Å². The smallest absolute Gasteiger partial charge is 0.325 e. The maximum absolute atomic E-state index is 12.9. The third-order valence-electron chi connectivity index (χ3n) is 2.95. The van der Waals surface area contributed by atoms with Gasteiger partial charge in [0.1, 0.15) is 17.3 Å². The minimum Gasteiger partial charge on any atom is -0.439 e. The molecule has 0 saturated heterocycles. The van der Waals surface area contributed by atoms with E-state index in [-0.39, 0.29) is 17.7 Å². The third-order valence-corrected chi connectivity index (χ3v) is 3.67. The molecule has 3 aromatic rings. The van der Waals surface area contributed by atoms with E-state index in [0.717, 1.165) is 0 Å². The molecule has 0 aliphatic rings. The minimum atomic E-state index is -0.352. The lowest BCUT2D eigenvalue weighted by molar-refractivity contribution is 0.112. The van der Waals surface area contributed by atoms with Gasteiger partial charge in [-0.25, -0.2) is 9.37 Å². The van der Waals surface area contributed by atoms with Crippen LogP contribution in [0, 0.1) is 5.82 Å². The van der Waals surface area contributed by atoms with Gasteiger partial charge in [0.05, 0.1) is 0 Å². The summed E-state index contributed by atoms with van der Waals surface area (Å²) in [6.45, 7) is 0. The fourth-order valence-electron chi connectivity index (χ4n) is 1.84. The average molecular weight is 389 g/mol. The van der Waals surface area contributed by atoms with Gasteiger partial charge in [-0.2, -0.15) is 4.98 Å². The summed E-state index contributed by atoms with van der Waals surface area (Å²) < 4.78 is 24.6. The van der Waals surface area contributed by atoms with Crippen LogP contribution >= 0.6 is 15.9 Å². The molecule has 0 bridgehead atoms. The molecular weight excluding hydrogens is 379 g/mol. The second-order valence-electron chi connectivity index (χ2n) is 4.64. The van der Waals surface area contributed by atoms with Crippen molar-refractivity contribution in [3.63, 3.8) is 0 Å². The fourth-order valence-corrected chi connectivity index (χ4v) is 2.18. The van der Waals surface area contributed by atoms with Crippen LogP contribution in [0.15, 0.2) is 59.2 Å². The molecule has 0 saturated carbocycles. The molecule has 0 fully saturated rings. The van der Waals surface area contributed by atoms with Crippen LogP contribution < -0.4 is 9.47 Å². The number of hydrogen-bond donors (Lipinski definition) is 0. The zero-order valence-corrected chi connectivity index (χ0v) is 13.7. The fraction of sp³-hybridized carbons (Fsp3) is 0. The highest BCUT2D eigenvalue weighted by Crippen LogP contribution is 2.26. The van der Waals surface area contributed by atoms with Crippen LogP contribution in [0.2, 0.25) is 0 Å². The Kier molecular flexibility index (Phi) is 4.81. The molecule has 0 aliphatic carbocycles. The van der Waals surface area contributed by atoms with E-state index in [0.29, 0.717) is 27.8 Å². The van der Waals surface area contributed by atoms with Crippen molar-refractivity contribution >= 4 is 22.2 Å². The Morgan fingerprint density at radius 3 is 2.50 bits per heavy atom. The van der Waals surface area contributed by atoms with Crippen LogP contribution in [0.1, 0.15) is 10.4 Å². The highest BCUT2D eigenvalue weighted by Gasteiger charge is 2.07. The van der Waals surface area contributed by atoms with Crippen molar-refractivity contribution in [1.29, 1.82) is 0 Å². The Hall–Kier alpha value is -2.80. The van der Waals surface area contributed by atoms with Gasteiger partial charge >= 0.3 is 6.01 Å². The van der Waals surface area contributed by atoms with Gasteiger partial charge in [-0.15, -0.1) is 0 Å². The van der Waals surface area contributed by atoms with Crippen LogP contribution in [-0.4, -0.2) is 16.3 Å². The van der Waals surface area contributed by atoms with Crippen molar-refractivity contribution in [2.45, 2.75) is 0 Å². The molecule has 2 aromatic carbocycles. The van der Waals surface area contributed by atoms with Gasteiger partial charge in [-0.3, -0.25) is 4.79 Å². The van der Waals surface area contributed by atoms with E-state index in [4.69, 9.17) is 9.47 Å². The quantitative estimate of drug-likeness (QED) is 0.588. The molecule has 0 unspecified atom stereocenters. The van der Waals surface area contributed by atoms with E-state index in [1.54, 1.807) is 24.3 Å². The number of aromatic nitrogens is 2. The van der Waals surface area contributed by atoms with Gasteiger partial charge in [0.15, 0.2) is 6.29 Å². The lowest BCUT2D eigenvalue weighted by Gasteiger charge is -2.07. The second-order valence-corrected chi connectivity index (χ2v) is 5.49. The highest BCUT2D eigenvalue weighted by atomic mass is 79.9. The molecule has 0 aliphatic heterocycles. The average Bonchev–Trinajstić information content (AvgIpc) is 2.59. The van der Waals surface area contributed by atoms with Crippen molar-refractivity contribution in [2.75, 3.05) is 0 Å². The molecular formula is C17H10BrFN2O3. The normalized spacial score (nSPS) is 10.2. The molecule has 0 radical (unpaired) electrons. The molecule has 1 heterocycles. The van der Waals surface area contributed by atoms with Crippen LogP contribution in [0.25, 0.3) is 0 Å². The Morgan fingerprint density at radius 2 is 1.75 bits per heavy atom. The van der Waals surface area contributed by atoms with Gasteiger partial charge in [-0.1, -0.05) is 15.9 Å². The topological polar surface area (TPSA) is 61.3 Å². The molecule has 24 heavy (non-hydrogen) atoms. The standard InChI is InChI=1S/C17H10BrFN2O3/c18-15-6-5-14(9-11(15)10-22)24-17-20-8-7-16(21-17)23-13-3-1-12(19)2-4-13/h1-10H.